The Balaban J connectivity index is 2.45. The van der Waals surface area contributed by atoms with Crippen LogP contribution >= 0.6 is 0 Å². The Kier molecular flexibility index (Phi) is 4.97. The topological polar surface area (TPSA) is 29.3 Å². The highest BCUT2D eigenvalue weighted by atomic mass is 15.1. The fourth-order valence-electron chi connectivity index (χ4n) is 1.64. The molecule has 1 unspecified atom stereocenters. The van der Waals surface area contributed by atoms with Crippen LogP contribution in [0.2, 0.25) is 0 Å². The minimum Gasteiger partial charge on any atom is -0.326 e. The monoisotopic (exact) mass is 220 g/mol. The van der Waals surface area contributed by atoms with Crippen LogP contribution in [0.15, 0.2) is 24.3 Å². The van der Waals surface area contributed by atoms with Crippen LogP contribution in [0.1, 0.15) is 25.0 Å². The van der Waals surface area contributed by atoms with Gasteiger partial charge in [-0.15, -0.1) is 0 Å². The summed E-state index contributed by atoms with van der Waals surface area (Å²) >= 11 is 0. The van der Waals surface area contributed by atoms with Crippen LogP contribution in [-0.2, 0) is 6.54 Å². The van der Waals surface area contributed by atoms with Crippen LogP contribution < -0.4 is 5.73 Å². The lowest BCUT2D eigenvalue weighted by Crippen LogP contribution is -2.38. The molecule has 0 amide bonds. The van der Waals surface area contributed by atoms with Crippen molar-refractivity contribution >= 4 is 0 Å². The highest BCUT2D eigenvalue weighted by Crippen LogP contribution is 2.07. The van der Waals surface area contributed by atoms with Crippen LogP contribution in [0.25, 0.3) is 0 Å². The van der Waals surface area contributed by atoms with Gasteiger partial charge in [-0.3, -0.25) is 0 Å². The fraction of sp³-hybridized carbons (Fsp3) is 0.571. The molecule has 2 nitrogen and oxygen atoms in total. The average Bonchev–Trinajstić information content (AvgIpc) is 2.21. The van der Waals surface area contributed by atoms with Gasteiger partial charge in [-0.1, -0.05) is 43.7 Å². The normalized spacial score (nSPS) is 13.4. The fourth-order valence-corrected chi connectivity index (χ4v) is 1.64. The highest BCUT2D eigenvalue weighted by Gasteiger charge is 2.10. The summed E-state index contributed by atoms with van der Waals surface area (Å²) in [6.45, 7) is 8.38. The van der Waals surface area contributed by atoms with E-state index in [-0.39, 0.29) is 6.04 Å². The van der Waals surface area contributed by atoms with E-state index in [0.717, 1.165) is 13.1 Å². The zero-order valence-corrected chi connectivity index (χ0v) is 10.9. The minimum absolute atomic E-state index is 0.260. The molecule has 0 saturated heterocycles. The van der Waals surface area contributed by atoms with E-state index < -0.39 is 0 Å². The van der Waals surface area contributed by atoms with Gasteiger partial charge in [0.1, 0.15) is 0 Å². The molecule has 2 N–H and O–H groups in total. The summed E-state index contributed by atoms with van der Waals surface area (Å²) in [4.78, 5) is 2.29. The lowest BCUT2D eigenvalue weighted by Gasteiger charge is -2.23. The van der Waals surface area contributed by atoms with Gasteiger partial charge in [-0.25, -0.2) is 0 Å². The lowest BCUT2D eigenvalue weighted by molar-refractivity contribution is 0.277. The second kappa shape index (κ2) is 6.02. The maximum Gasteiger partial charge on any atom is 0.0231 e. The van der Waals surface area contributed by atoms with E-state index in [1.807, 2.05) is 0 Å². The van der Waals surface area contributed by atoms with Gasteiger partial charge in [0.05, 0.1) is 0 Å². The number of benzene rings is 1. The molecule has 0 bridgehead atoms. The maximum atomic E-state index is 6.05. The van der Waals surface area contributed by atoms with Crippen molar-refractivity contribution in [3.8, 4) is 0 Å². The number of likely N-dealkylation sites (N-methyl/N-ethyl adjacent to an activating group) is 1. The standard InChI is InChI=1S/C14H24N2/c1-11(2)14(15)10-16(4)9-13-7-5-12(3)6-8-13/h5-8,11,14H,9-10,15H2,1-4H3. The molecule has 1 aromatic carbocycles. The molecule has 90 valence electrons. The SMILES string of the molecule is Cc1ccc(CN(C)CC(N)C(C)C)cc1. The Morgan fingerprint density at radius 2 is 1.75 bits per heavy atom. The van der Waals surface area contributed by atoms with E-state index in [4.69, 9.17) is 5.73 Å². The summed E-state index contributed by atoms with van der Waals surface area (Å²) in [5, 5.41) is 0. The molecule has 0 radical (unpaired) electrons. The quantitative estimate of drug-likeness (QED) is 0.825. The lowest BCUT2D eigenvalue weighted by atomic mass is 10.0. The first-order chi connectivity index (χ1) is 7.49. The van der Waals surface area contributed by atoms with E-state index in [1.54, 1.807) is 0 Å². The van der Waals surface area contributed by atoms with E-state index in [1.165, 1.54) is 11.1 Å². The second-order valence-electron chi connectivity index (χ2n) is 5.09. The van der Waals surface area contributed by atoms with Gasteiger partial charge in [0.2, 0.25) is 0 Å². The molecule has 2 heteroatoms. The zero-order valence-electron chi connectivity index (χ0n) is 10.9. The third-order valence-corrected chi connectivity index (χ3v) is 2.95. The van der Waals surface area contributed by atoms with Gasteiger partial charge in [-0.2, -0.15) is 0 Å². The molecular weight excluding hydrogens is 196 g/mol. The molecule has 0 aliphatic carbocycles. The van der Waals surface area contributed by atoms with Crippen molar-refractivity contribution < 1.29 is 0 Å². The largest absolute Gasteiger partial charge is 0.326 e. The molecule has 1 atom stereocenters. The minimum atomic E-state index is 0.260. The van der Waals surface area contributed by atoms with Gasteiger partial charge < -0.3 is 10.6 Å². The Hall–Kier alpha value is -0.860. The van der Waals surface area contributed by atoms with Crippen LogP contribution in [0.5, 0.6) is 0 Å². The molecule has 16 heavy (non-hydrogen) atoms. The van der Waals surface area contributed by atoms with E-state index in [0.29, 0.717) is 5.92 Å². The Morgan fingerprint density at radius 1 is 1.19 bits per heavy atom. The van der Waals surface area contributed by atoms with Crippen LogP contribution in [-0.4, -0.2) is 24.5 Å². The zero-order chi connectivity index (χ0) is 12.1. The van der Waals surface area contributed by atoms with E-state index in [9.17, 15) is 0 Å². The van der Waals surface area contributed by atoms with Gasteiger partial charge >= 0.3 is 0 Å². The van der Waals surface area contributed by atoms with Crippen LogP contribution in [0.4, 0.5) is 0 Å². The first kappa shape index (κ1) is 13.2. The van der Waals surface area contributed by atoms with Gasteiger partial charge in [0.25, 0.3) is 0 Å². The Bertz CT molecular complexity index is 303. The number of nitrogens with zero attached hydrogens (tertiary/aromatic N) is 1. The first-order valence-electron chi connectivity index (χ1n) is 5.98. The number of rotatable bonds is 5. The average molecular weight is 220 g/mol. The van der Waals surface area contributed by atoms with Crippen molar-refractivity contribution in [2.24, 2.45) is 11.7 Å². The molecule has 0 saturated carbocycles. The molecule has 1 aromatic rings. The van der Waals surface area contributed by atoms with Gasteiger partial charge in [0, 0.05) is 19.1 Å². The summed E-state index contributed by atoms with van der Waals surface area (Å²) in [6, 6.07) is 8.95. The maximum absolute atomic E-state index is 6.05. The van der Waals surface area contributed by atoms with E-state index in [2.05, 4.69) is 57.0 Å². The number of aryl methyl sites for hydroxylation is 1. The summed E-state index contributed by atoms with van der Waals surface area (Å²) in [6.07, 6.45) is 0. The smallest absolute Gasteiger partial charge is 0.0231 e. The molecule has 0 aromatic heterocycles. The van der Waals surface area contributed by atoms with Crippen molar-refractivity contribution in [3.63, 3.8) is 0 Å². The molecule has 0 spiro atoms. The summed E-state index contributed by atoms with van der Waals surface area (Å²) in [5.41, 5.74) is 8.71. The molecule has 0 aliphatic rings. The summed E-state index contributed by atoms with van der Waals surface area (Å²) in [5.74, 6) is 0.542. The number of nitrogens with two attached hydrogens (primary N) is 1. The van der Waals surface area contributed by atoms with Crippen LogP contribution in [0, 0.1) is 12.8 Å². The highest BCUT2D eigenvalue weighted by molar-refractivity contribution is 5.21. The number of hydrogen-bond acceptors (Lipinski definition) is 2. The van der Waals surface area contributed by atoms with Crippen molar-refractivity contribution in [1.29, 1.82) is 0 Å². The third kappa shape index (κ3) is 4.33. The van der Waals surface area contributed by atoms with Crippen LogP contribution in [0.3, 0.4) is 0 Å². The number of hydrogen-bond donors (Lipinski definition) is 1. The molecule has 0 fully saturated rings. The molecule has 0 heterocycles. The second-order valence-corrected chi connectivity index (χ2v) is 5.09. The Labute approximate surface area is 99.5 Å². The predicted molar refractivity (Wildman–Crippen MR) is 70.3 cm³/mol. The summed E-state index contributed by atoms with van der Waals surface area (Å²) in [7, 11) is 2.13. The van der Waals surface area contributed by atoms with Gasteiger partial charge in [0.15, 0.2) is 0 Å². The van der Waals surface area contributed by atoms with Crippen molar-refractivity contribution in [2.45, 2.75) is 33.4 Å². The van der Waals surface area contributed by atoms with Crippen molar-refractivity contribution in [3.05, 3.63) is 35.4 Å². The molecule has 1 rings (SSSR count). The van der Waals surface area contributed by atoms with E-state index >= 15 is 0 Å². The van der Waals surface area contributed by atoms with Crippen molar-refractivity contribution in [1.82, 2.24) is 4.90 Å². The van der Waals surface area contributed by atoms with Gasteiger partial charge in [-0.05, 0) is 25.5 Å². The van der Waals surface area contributed by atoms with Crippen molar-refractivity contribution in [2.75, 3.05) is 13.6 Å². The predicted octanol–water partition coefficient (Wildman–Crippen LogP) is 2.41. The summed E-state index contributed by atoms with van der Waals surface area (Å²) < 4.78 is 0. The molecular formula is C14H24N2. The molecule has 0 aliphatic heterocycles. The third-order valence-electron chi connectivity index (χ3n) is 2.95. The Morgan fingerprint density at radius 3 is 2.25 bits per heavy atom. The first-order valence-corrected chi connectivity index (χ1v) is 5.98.